The summed E-state index contributed by atoms with van der Waals surface area (Å²) in [4.78, 5) is 14.7. The summed E-state index contributed by atoms with van der Waals surface area (Å²) >= 11 is 10.1. The highest BCUT2D eigenvalue weighted by atomic mass is 79.9. The molecule has 2 aromatic rings. The Labute approximate surface area is 153 Å². The van der Waals surface area contributed by atoms with E-state index >= 15 is 0 Å². The number of nitrogens with zero attached hydrogens (tertiary/aromatic N) is 1. The van der Waals surface area contributed by atoms with Crippen LogP contribution in [0.15, 0.2) is 76.1 Å². The first-order valence-corrected chi connectivity index (χ1v) is 8.92. The highest BCUT2D eigenvalue weighted by Crippen LogP contribution is 2.34. The Balaban J connectivity index is 1.78. The Morgan fingerprint density at radius 3 is 2.43 bits per heavy atom. The van der Waals surface area contributed by atoms with E-state index in [1.165, 1.54) is 11.8 Å². The number of para-hydroxylation sites is 1. The number of carbonyl (C=O) groups is 1. The molecule has 2 aromatic carbocycles. The third-order valence-corrected chi connectivity index (χ3v) is 5.06. The normalized spacial score (nSPS) is 16.7. The van der Waals surface area contributed by atoms with Crippen molar-refractivity contribution in [2.24, 2.45) is 0 Å². The summed E-state index contributed by atoms with van der Waals surface area (Å²) in [5, 5.41) is 0. The number of rotatable bonds is 3. The van der Waals surface area contributed by atoms with Gasteiger partial charge in [0.2, 0.25) is 0 Å². The number of thioether (sulfide) groups is 1. The second-order valence-electron chi connectivity index (χ2n) is 4.79. The second kappa shape index (κ2) is 7.25. The van der Waals surface area contributed by atoms with Gasteiger partial charge in [-0.2, -0.15) is 0 Å². The van der Waals surface area contributed by atoms with E-state index in [1.807, 2.05) is 72.8 Å². The van der Waals surface area contributed by atoms with Crippen LogP contribution in [-0.4, -0.2) is 10.2 Å². The first kappa shape index (κ1) is 16.2. The third kappa shape index (κ3) is 3.80. The summed E-state index contributed by atoms with van der Waals surface area (Å²) in [7, 11) is 0. The second-order valence-corrected chi connectivity index (χ2v) is 7.38. The predicted molar refractivity (Wildman–Crippen MR) is 105 cm³/mol. The van der Waals surface area contributed by atoms with Gasteiger partial charge in [0, 0.05) is 4.47 Å². The minimum atomic E-state index is -0.0772. The number of hydrogen-bond acceptors (Lipinski definition) is 3. The van der Waals surface area contributed by atoms with Crippen LogP contribution in [0.3, 0.4) is 0 Å². The molecule has 1 amide bonds. The van der Waals surface area contributed by atoms with Crippen LogP contribution < -0.4 is 4.90 Å². The van der Waals surface area contributed by atoms with E-state index in [4.69, 9.17) is 12.2 Å². The fourth-order valence-corrected chi connectivity index (χ4v) is 3.62. The number of halogens is 1. The summed E-state index contributed by atoms with van der Waals surface area (Å²) in [5.74, 6) is -0.0772. The zero-order valence-electron chi connectivity index (χ0n) is 12.0. The molecule has 0 aromatic heterocycles. The maximum absolute atomic E-state index is 12.5. The standard InChI is InChI=1S/C18H12BrNOS2/c19-14-11-9-13(10-12-14)5-4-8-16-17(21)20(18(22)23-16)15-6-2-1-3-7-15/h1-12H. The molecule has 0 bridgehead atoms. The third-order valence-electron chi connectivity index (χ3n) is 3.21. The van der Waals surface area contributed by atoms with Crippen LogP contribution in [0.5, 0.6) is 0 Å². The molecule has 0 atom stereocenters. The minimum absolute atomic E-state index is 0.0772. The van der Waals surface area contributed by atoms with Crippen molar-refractivity contribution in [1.82, 2.24) is 0 Å². The summed E-state index contributed by atoms with van der Waals surface area (Å²) in [5.41, 5.74) is 1.87. The van der Waals surface area contributed by atoms with Gasteiger partial charge in [0.25, 0.3) is 5.91 Å². The van der Waals surface area contributed by atoms with Crippen LogP contribution in [-0.2, 0) is 4.79 Å². The zero-order chi connectivity index (χ0) is 16.2. The number of hydrogen-bond donors (Lipinski definition) is 0. The first-order chi connectivity index (χ1) is 11.1. The first-order valence-electron chi connectivity index (χ1n) is 6.90. The molecule has 0 spiro atoms. The number of thiocarbonyl (C=S) groups is 1. The van der Waals surface area contributed by atoms with Crippen molar-refractivity contribution in [3.63, 3.8) is 0 Å². The predicted octanol–water partition coefficient (Wildman–Crippen LogP) is 5.41. The van der Waals surface area contributed by atoms with E-state index < -0.39 is 0 Å². The smallest absolute Gasteiger partial charge is 0.268 e. The van der Waals surface area contributed by atoms with E-state index in [2.05, 4.69) is 15.9 Å². The van der Waals surface area contributed by atoms with Crippen LogP contribution in [0.1, 0.15) is 5.56 Å². The van der Waals surface area contributed by atoms with Gasteiger partial charge < -0.3 is 0 Å². The van der Waals surface area contributed by atoms with Gasteiger partial charge in [-0.05, 0) is 35.9 Å². The number of anilines is 1. The van der Waals surface area contributed by atoms with E-state index in [-0.39, 0.29) is 5.91 Å². The monoisotopic (exact) mass is 401 g/mol. The van der Waals surface area contributed by atoms with Crippen LogP contribution >= 0.6 is 39.9 Å². The molecule has 2 nitrogen and oxygen atoms in total. The molecule has 114 valence electrons. The van der Waals surface area contributed by atoms with Crippen LogP contribution in [0, 0.1) is 0 Å². The number of benzene rings is 2. The number of amides is 1. The number of allylic oxidation sites excluding steroid dienone is 2. The van der Waals surface area contributed by atoms with Gasteiger partial charge in [0.05, 0.1) is 10.6 Å². The van der Waals surface area contributed by atoms with Crippen molar-refractivity contribution in [2.45, 2.75) is 0 Å². The Bertz CT molecular complexity index is 798. The van der Waals surface area contributed by atoms with Crippen LogP contribution in [0.25, 0.3) is 6.08 Å². The van der Waals surface area contributed by atoms with Gasteiger partial charge in [-0.25, -0.2) is 0 Å². The van der Waals surface area contributed by atoms with Gasteiger partial charge >= 0.3 is 0 Å². The molecule has 0 saturated carbocycles. The van der Waals surface area contributed by atoms with Crippen LogP contribution in [0.2, 0.25) is 0 Å². The summed E-state index contributed by atoms with van der Waals surface area (Å²) in [6.07, 6.45) is 5.65. The van der Waals surface area contributed by atoms with E-state index in [1.54, 1.807) is 4.90 Å². The lowest BCUT2D eigenvalue weighted by molar-refractivity contribution is -0.113. The molecule has 23 heavy (non-hydrogen) atoms. The van der Waals surface area contributed by atoms with Crippen molar-refractivity contribution >= 4 is 61.9 Å². The largest absolute Gasteiger partial charge is 0.270 e. The highest BCUT2D eigenvalue weighted by Gasteiger charge is 2.32. The molecule has 1 saturated heterocycles. The molecule has 5 heteroatoms. The quantitative estimate of drug-likeness (QED) is 0.506. The Morgan fingerprint density at radius 2 is 1.74 bits per heavy atom. The topological polar surface area (TPSA) is 20.3 Å². The van der Waals surface area contributed by atoms with Gasteiger partial charge in [-0.3, -0.25) is 9.69 Å². The van der Waals surface area contributed by atoms with E-state index in [0.717, 1.165) is 15.7 Å². The average Bonchev–Trinajstić information content (AvgIpc) is 2.84. The Kier molecular flexibility index (Phi) is 5.10. The molecule has 1 fully saturated rings. The maximum Gasteiger partial charge on any atom is 0.270 e. The highest BCUT2D eigenvalue weighted by molar-refractivity contribution is 9.10. The summed E-state index contributed by atoms with van der Waals surface area (Å²) in [6, 6.07) is 17.4. The number of carbonyl (C=O) groups excluding carboxylic acids is 1. The van der Waals surface area contributed by atoms with Crippen molar-refractivity contribution in [3.8, 4) is 0 Å². The summed E-state index contributed by atoms with van der Waals surface area (Å²) < 4.78 is 1.60. The van der Waals surface area contributed by atoms with E-state index in [9.17, 15) is 4.79 Å². The van der Waals surface area contributed by atoms with Crippen molar-refractivity contribution in [1.29, 1.82) is 0 Å². The van der Waals surface area contributed by atoms with Gasteiger partial charge in [0.15, 0.2) is 4.32 Å². The molecular weight excluding hydrogens is 390 g/mol. The van der Waals surface area contributed by atoms with E-state index in [0.29, 0.717) is 9.23 Å². The van der Waals surface area contributed by atoms with Crippen LogP contribution in [0.4, 0.5) is 5.69 Å². The van der Waals surface area contributed by atoms with Gasteiger partial charge in [-0.15, -0.1) is 0 Å². The summed E-state index contributed by atoms with van der Waals surface area (Å²) in [6.45, 7) is 0. The molecule has 1 aliphatic rings. The van der Waals surface area contributed by atoms with Gasteiger partial charge in [0.1, 0.15) is 0 Å². The fraction of sp³-hybridized carbons (Fsp3) is 0. The minimum Gasteiger partial charge on any atom is -0.268 e. The molecule has 0 N–H and O–H groups in total. The Hall–Kier alpha value is -1.69. The lowest BCUT2D eigenvalue weighted by atomic mass is 10.2. The fourth-order valence-electron chi connectivity index (χ4n) is 2.10. The lowest BCUT2D eigenvalue weighted by Gasteiger charge is -2.13. The molecule has 0 aliphatic carbocycles. The molecular formula is C18H12BrNOS2. The SMILES string of the molecule is O=C1C(=CC=Cc2ccc(Br)cc2)SC(=S)N1c1ccccc1. The molecule has 1 aliphatic heterocycles. The van der Waals surface area contributed by atoms with Crippen molar-refractivity contribution in [2.75, 3.05) is 4.90 Å². The molecule has 1 heterocycles. The zero-order valence-corrected chi connectivity index (χ0v) is 15.2. The molecule has 0 radical (unpaired) electrons. The van der Waals surface area contributed by atoms with Crippen molar-refractivity contribution in [3.05, 3.63) is 81.7 Å². The van der Waals surface area contributed by atoms with Gasteiger partial charge in [-0.1, -0.05) is 82.4 Å². The lowest BCUT2D eigenvalue weighted by Crippen LogP contribution is -2.27. The van der Waals surface area contributed by atoms with Crippen molar-refractivity contribution < 1.29 is 4.79 Å². The molecule has 0 unspecified atom stereocenters. The molecule has 3 rings (SSSR count). The average molecular weight is 402 g/mol. The Morgan fingerprint density at radius 1 is 1.04 bits per heavy atom. The maximum atomic E-state index is 12.5.